The maximum absolute atomic E-state index is 12.1. The number of amides is 2. The summed E-state index contributed by atoms with van der Waals surface area (Å²) in [5.74, 6) is -0.172. The molecule has 6 nitrogen and oxygen atoms in total. The van der Waals surface area contributed by atoms with Gasteiger partial charge in [0.05, 0.1) is 6.61 Å². The number of carbonyl (C=O) groups excluding carboxylic acids is 2. The highest BCUT2D eigenvalue weighted by Crippen LogP contribution is 2.16. The lowest BCUT2D eigenvalue weighted by Crippen LogP contribution is -2.30. The summed E-state index contributed by atoms with van der Waals surface area (Å²) in [7, 11) is 0. The Bertz CT molecular complexity index is 688. The van der Waals surface area contributed by atoms with Gasteiger partial charge in [0.2, 0.25) is 0 Å². The Labute approximate surface area is 140 Å². The van der Waals surface area contributed by atoms with Gasteiger partial charge >= 0.3 is 0 Å². The number of benzene rings is 2. The smallest absolute Gasteiger partial charge is 0.265 e. The summed E-state index contributed by atoms with van der Waals surface area (Å²) < 4.78 is 5.60. The molecule has 0 spiro atoms. The number of rotatable bonds is 7. The summed E-state index contributed by atoms with van der Waals surface area (Å²) in [6.07, 6.45) is -0.721. The van der Waals surface area contributed by atoms with E-state index in [1.54, 1.807) is 43.3 Å². The minimum absolute atomic E-state index is 0.126. The second kappa shape index (κ2) is 8.69. The van der Waals surface area contributed by atoms with Crippen LogP contribution in [0.15, 0.2) is 54.6 Å². The lowest BCUT2D eigenvalue weighted by Gasteiger charge is -2.15. The predicted molar refractivity (Wildman–Crippen MR) is 91.0 cm³/mol. The van der Waals surface area contributed by atoms with Gasteiger partial charge in [-0.15, -0.1) is 0 Å². The first-order chi connectivity index (χ1) is 11.6. The standard InChI is InChI=1S/C18H20N2O4/c1-13(17(22)20-15-7-3-2-4-8-15)24-16-9-5-6-14(12-16)18(23)19-10-11-21/h2-9,12-13,21H,10-11H2,1H3,(H,19,23)(H,20,22)/t13-/m1/s1. The monoisotopic (exact) mass is 328 g/mol. The first-order valence-corrected chi connectivity index (χ1v) is 7.62. The number of aliphatic hydroxyl groups excluding tert-OH is 1. The average Bonchev–Trinajstić information content (AvgIpc) is 2.60. The van der Waals surface area contributed by atoms with E-state index < -0.39 is 6.10 Å². The minimum atomic E-state index is -0.721. The molecule has 0 fully saturated rings. The summed E-state index contributed by atoms with van der Waals surface area (Å²) in [5.41, 5.74) is 1.09. The number of ether oxygens (including phenoxy) is 1. The van der Waals surface area contributed by atoms with Crippen molar-refractivity contribution in [2.45, 2.75) is 13.0 Å². The molecule has 1 atom stereocenters. The molecular formula is C18H20N2O4. The van der Waals surface area contributed by atoms with E-state index in [1.165, 1.54) is 0 Å². The zero-order chi connectivity index (χ0) is 17.4. The fourth-order valence-electron chi connectivity index (χ4n) is 2.01. The van der Waals surface area contributed by atoms with Crippen LogP contribution < -0.4 is 15.4 Å². The highest BCUT2D eigenvalue weighted by Gasteiger charge is 2.15. The number of carbonyl (C=O) groups is 2. The van der Waals surface area contributed by atoms with Crippen molar-refractivity contribution in [1.82, 2.24) is 5.32 Å². The Morgan fingerprint density at radius 3 is 2.58 bits per heavy atom. The van der Waals surface area contributed by atoms with E-state index in [2.05, 4.69) is 10.6 Å². The molecule has 0 aliphatic heterocycles. The molecule has 2 aromatic carbocycles. The van der Waals surface area contributed by atoms with Gasteiger partial charge in [0.1, 0.15) is 5.75 Å². The van der Waals surface area contributed by atoms with Crippen molar-refractivity contribution >= 4 is 17.5 Å². The maximum Gasteiger partial charge on any atom is 0.265 e. The third-order valence-corrected chi connectivity index (χ3v) is 3.22. The fourth-order valence-corrected chi connectivity index (χ4v) is 2.01. The highest BCUT2D eigenvalue weighted by atomic mass is 16.5. The first kappa shape index (κ1) is 17.5. The Kier molecular flexibility index (Phi) is 6.33. The van der Waals surface area contributed by atoms with Crippen LogP contribution in [0.4, 0.5) is 5.69 Å². The first-order valence-electron chi connectivity index (χ1n) is 7.62. The molecule has 0 heterocycles. The molecule has 0 aliphatic rings. The van der Waals surface area contributed by atoms with Crippen molar-refractivity contribution in [3.63, 3.8) is 0 Å². The summed E-state index contributed by atoms with van der Waals surface area (Å²) in [5, 5.41) is 14.1. The Balaban J connectivity index is 1.97. The molecule has 2 aromatic rings. The SMILES string of the molecule is C[C@@H](Oc1cccc(C(=O)NCCO)c1)C(=O)Nc1ccccc1. The molecule has 24 heavy (non-hydrogen) atoms. The van der Waals surface area contributed by atoms with Crippen molar-refractivity contribution in [1.29, 1.82) is 0 Å². The Hall–Kier alpha value is -2.86. The van der Waals surface area contributed by atoms with E-state index in [1.807, 2.05) is 18.2 Å². The molecule has 2 amide bonds. The summed E-state index contributed by atoms with van der Waals surface area (Å²) in [6.45, 7) is 1.69. The molecule has 0 saturated carbocycles. The second-order valence-electron chi connectivity index (χ2n) is 5.12. The average molecular weight is 328 g/mol. The fraction of sp³-hybridized carbons (Fsp3) is 0.222. The van der Waals surface area contributed by atoms with Gasteiger partial charge in [-0.25, -0.2) is 0 Å². The summed E-state index contributed by atoms with van der Waals surface area (Å²) in [6, 6.07) is 15.6. The van der Waals surface area contributed by atoms with Gasteiger partial charge in [-0.1, -0.05) is 24.3 Å². The lowest BCUT2D eigenvalue weighted by atomic mass is 10.2. The van der Waals surface area contributed by atoms with E-state index >= 15 is 0 Å². The number of aliphatic hydroxyl groups is 1. The third kappa shape index (κ3) is 5.10. The van der Waals surface area contributed by atoms with E-state index in [0.29, 0.717) is 17.0 Å². The van der Waals surface area contributed by atoms with Crippen LogP contribution in [0.1, 0.15) is 17.3 Å². The van der Waals surface area contributed by atoms with Crippen LogP contribution in [0.5, 0.6) is 5.75 Å². The van der Waals surface area contributed by atoms with Gasteiger partial charge in [-0.05, 0) is 37.3 Å². The number of anilines is 1. The molecule has 126 valence electrons. The molecule has 0 bridgehead atoms. The predicted octanol–water partition coefficient (Wildman–Crippen LogP) is 1.81. The topological polar surface area (TPSA) is 87.7 Å². The molecule has 0 saturated heterocycles. The zero-order valence-corrected chi connectivity index (χ0v) is 13.4. The van der Waals surface area contributed by atoms with Crippen molar-refractivity contribution in [2.24, 2.45) is 0 Å². The Morgan fingerprint density at radius 2 is 1.88 bits per heavy atom. The Morgan fingerprint density at radius 1 is 1.12 bits per heavy atom. The molecule has 2 rings (SSSR count). The lowest BCUT2D eigenvalue weighted by molar-refractivity contribution is -0.122. The van der Waals surface area contributed by atoms with E-state index in [0.717, 1.165) is 0 Å². The molecule has 0 radical (unpaired) electrons. The second-order valence-corrected chi connectivity index (χ2v) is 5.12. The van der Waals surface area contributed by atoms with Crippen molar-refractivity contribution < 1.29 is 19.4 Å². The molecule has 0 aliphatic carbocycles. The third-order valence-electron chi connectivity index (χ3n) is 3.22. The molecular weight excluding hydrogens is 308 g/mol. The van der Waals surface area contributed by atoms with Gasteiger partial charge < -0.3 is 20.5 Å². The number of nitrogens with one attached hydrogen (secondary N) is 2. The van der Waals surface area contributed by atoms with Crippen molar-refractivity contribution in [3.8, 4) is 5.75 Å². The highest BCUT2D eigenvalue weighted by molar-refractivity contribution is 5.95. The van der Waals surface area contributed by atoms with Gasteiger partial charge in [0.15, 0.2) is 6.10 Å². The molecule has 6 heteroatoms. The zero-order valence-electron chi connectivity index (χ0n) is 13.4. The maximum atomic E-state index is 12.1. The van der Waals surface area contributed by atoms with Gasteiger partial charge in [0.25, 0.3) is 11.8 Å². The van der Waals surface area contributed by atoms with Crippen LogP contribution in [-0.2, 0) is 4.79 Å². The number of hydrogen-bond donors (Lipinski definition) is 3. The number of hydrogen-bond acceptors (Lipinski definition) is 4. The van der Waals surface area contributed by atoms with E-state index in [4.69, 9.17) is 9.84 Å². The molecule has 3 N–H and O–H groups in total. The van der Waals surface area contributed by atoms with Gasteiger partial charge in [-0.3, -0.25) is 9.59 Å². The van der Waals surface area contributed by atoms with Crippen LogP contribution >= 0.6 is 0 Å². The van der Waals surface area contributed by atoms with Gasteiger partial charge in [0, 0.05) is 17.8 Å². The van der Waals surface area contributed by atoms with Crippen LogP contribution in [0.25, 0.3) is 0 Å². The van der Waals surface area contributed by atoms with Gasteiger partial charge in [-0.2, -0.15) is 0 Å². The summed E-state index contributed by atoms with van der Waals surface area (Å²) >= 11 is 0. The van der Waals surface area contributed by atoms with Crippen molar-refractivity contribution in [2.75, 3.05) is 18.5 Å². The largest absolute Gasteiger partial charge is 0.481 e. The van der Waals surface area contributed by atoms with Crippen LogP contribution in [0, 0.1) is 0 Å². The van der Waals surface area contributed by atoms with Crippen molar-refractivity contribution in [3.05, 3.63) is 60.2 Å². The normalized spacial score (nSPS) is 11.4. The summed E-state index contributed by atoms with van der Waals surface area (Å²) in [4.78, 5) is 24.0. The van der Waals surface area contributed by atoms with Crippen LogP contribution in [0.2, 0.25) is 0 Å². The van der Waals surface area contributed by atoms with E-state index in [-0.39, 0.29) is 25.0 Å². The van der Waals surface area contributed by atoms with E-state index in [9.17, 15) is 9.59 Å². The quantitative estimate of drug-likeness (QED) is 0.723. The van der Waals surface area contributed by atoms with Crippen LogP contribution in [0.3, 0.4) is 0 Å². The number of para-hydroxylation sites is 1. The molecule has 0 unspecified atom stereocenters. The molecule has 0 aromatic heterocycles. The van der Waals surface area contributed by atoms with Crippen LogP contribution in [-0.4, -0.2) is 36.2 Å². The minimum Gasteiger partial charge on any atom is -0.481 e.